The first kappa shape index (κ1) is 43.3. The van der Waals surface area contributed by atoms with Crippen LogP contribution in [0.3, 0.4) is 0 Å². The van der Waals surface area contributed by atoms with Crippen LogP contribution in [0.5, 0.6) is 23.0 Å². The van der Waals surface area contributed by atoms with Crippen LogP contribution in [0.1, 0.15) is 43.8 Å². The molecule has 13 heteroatoms. The summed E-state index contributed by atoms with van der Waals surface area (Å²) >= 11 is 0. The number of hydrogen-bond donors (Lipinski definition) is 4. The summed E-state index contributed by atoms with van der Waals surface area (Å²) in [7, 11) is 2.03. The van der Waals surface area contributed by atoms with Crippen LogP contribution >= 0.6 is 0 Å². The van der Waals surface area contributed by atoms with Crippen molar-refractivity contribution >= 4 is 40.8 Å². The lowest BCUT2D eigenvalue weighted by Gasteiger charge is -2.33. The number of rotatable bonds is 14. The minimum atomic E-state index is -0.918. The molecule has 8 rings (SSSR count). The van der Waals surface area contributed by atoms with E-state index in [1.807, 2.05) is 49.5 Å². The molecule has 4 N–H and O–H groups in total. The maximum Gasteiger partial charge on any atom is 0.307 e. The summed E-state index contributed by atoms with van der Waals surface area (Å²) in [6, 6.07) is 43.3. The van der Waals surface area contributed by atoms with E-state index in [9.17, 15) is 19.2 Å². The molecule has 0 saturated carbocycles. The Morgan fingerprint density at radius 3 is 1.65 bits per heavy atom. The second kappa shape index (κ2) is 20.6. The fourth-order valence-corrected chi connectivity index (χ4v) is 7.13. The standard InChI is InChI=1S/C25H24N2O5.C25H23NO5/c1-27-15-21(32-23-8-3-2-7-22(23)27)16-31-20-11-9-18(10-12-20)25(30)26-19-6-4-5-17(13-19)14-24(28)29;27-24(28)15-17-4-3-6-20(14-17)26-25(29)19-9-11-21(12-10-19)30-16-22-13-8-18-5-1-2-7-23(18)31-22/h2-13,21H,14-16H2,1H3,(H,26,30)(H,28,29);1-7,9-12,14,22H,8,13,15-16H2,(H,26,29)(H,27,28)/t21-;/m0./s1. The van der Waals surface area contributed by atoms with E-state index in [1.54, 1.807) is 97.1 Å². The average molecular weight is 850 g/mol. The van der Waals surface area contributed by atoms with Gasteiger partial charge in [0.2, 0.25) is 0 Å². The van der Waals surface area contributed by atoms with E-state index < -0.39 is 11.9 Å². The number of aliphatic carboxylic acids is 2. The maximum atomic E-state index is 12.5. The summed E-state index contributed by atoms with van der Waals surface area (Å²) in [6.45, 7) is 1.55. The largest absolute Gasteiger partial charge is 0.490 e. The third kappa shape index (κ3) is 12.4. The molecule has 0 aliphatic carbocycles. The number of hydrogen-bond acceptors (Lipinski definition) is 9. The summed E-state index contributed by atoms with van der Waals surface area (Å²) in [4.78, 5) is 48.9. The maximum absolute atomic E-state index is 12.5. The molecule has 0 radical (unpaired) electrons. The highest BCUT2D eigenvalue weighted by atomic mass is 16.5. The molecule has 0 bridgehead atoms. The fraction of sp³-hybridized carbons (Fsp3) is 0.200. The fourth-order valence-electron chi connectivity index (χ4n) is 7.13. The lowest BCUT2D eigenvalue weighted by Crippen LogP contribution is -2.41. The second-order valence-corrected chi connectivity index (χ2v) is 15.1. The summed E-state index contributed by atoms with van der Waals surface area (Å²) in [5.41, 5.74) is 5.60. The molecule has 0 aromatic heterocycles. The van der Waals surface area contributed by atoms with Crippen molar-refractivity contribution in [2.45, 2.75) is 37.9 Å². The van der Waals surface area contributed by atoms with Crippen molar-refractivity contribution in [3.63, 3.8) is 0 Å². The van der Waals surface area contributed by atoms with Crippen LogP contribution in [0.4, 0.5) is 17.1 Å². The van der Waals surface area contributed by atoms with Gasteiger partial charge in [-0.2, -0.15) is 0 Å². The molecule has 2 aliphatic heterocycles. The SMILES string of the molecule is CN1C[C@@H](COc2ccc(C(=O)Nc3cccc(CC(=O)O)c3)cc2)Oc2ccccc21.O=C(O)Cc1cccc(NC(=O)c2ccc(OCC3CCc4ccccc4O3)cc2)c1. The Labute approximate surface area is 364 Å². The number of carbonyl (C=O) groups is 4. The molecule has 0 saturated heterocycles. The lowest BCUT2D eigenvalue weighted by atomic mass is 10.0. The van der Waals surface area contributed by atoms with Crippen molar-refractivity contribution in [1.82, 2.24) is 0 Å². The minimum Gasteiger partial charge on any atom is -0.490 e. The number of benzene rings is 6. The summed E-state index contributed by atoms with van der Waals surface area (Å²) in [5.74, 6) is 0.693. The second-order valence-electron chi connectivity index (χ2n) is 15.1. The molecule has 2 aliphatic rings. The first-order chi connectivity index (χ1) is 30.5. The van der Waals surface area contributed by atoms with E-state index in [2.05, 4.69) is 21.6 Å². The Hall–Kier alpha value is -7.80. The Morgan fingerprint density at radius 1 is 0.603 bits per heavy atom. The Kier molecular flexibility index (Phi) is 14.2. The molecular formula is C50H47N3O10. The van der Waals surface area contributed by atoms with Crippen molar-refractivity contribution in [3.05, 3.63) is 173 Å². The van der Waals surface area contributed by atoms with Crippen LogP contribution in [0.15, 0.2) is 146 Å². The molecule has 6 aromatic rings. The number of aryl methyl sites for hydroxylation is 1. The molecular weight excluding hydrogens is 803 g/mol. The predicted molar refractivity (Wildman–Crippen MR) is 239 cm³/mol. The van der Waals surface area contributed by atoms with Gasteiger partial charge in [0.1, 0.15) is 48.4 Å². The van der Waals surface area contributed by atoms with E-state index in [0.29, 0.717) is 58.3 Å². The molecule has 63 heavy (non-hydrogen) atoms. The van der Waals surface area contributed by atoms with Gasteiger partial charge in [-0.3, -0.25) is 19.2 Å². The van der Waals surface area contributed by atoms with Crippen molar-refractivity contribution in [2.24, 2.45) is 0 Å². The zero-order valence-electron chi connectivity index (χ0n) is 34.6. The van der Waals surface area contributed by atoms with Crippen LogP contribution in [0, 0.1) is 0 Å². The average Bonchev–Trinajstić information content (AvgIpc) is 3.28. The number of carbonyl (C=O) groups excluding carboxylic acids is 2. The Balaban J connectivity index is 0.000000189. The smallest absolute Gasteiger partial charge is 0.307 e. The molecule has 322 valence electrons. The number of anilines is 3. The third-order valence-corrected chi connectivity index (χ3v) is 10.2. The summed E-state index contributed by atoms with van der Waals surface area (Å²) in [6.07, 6.45) is 1.58. The number of amides is 2. The van der Waals surface area contributed by atoms with Crippen molar-refractivity contribution < 1.29 is 48.3 Å². The van der Waals surface area contributed by atoms with Crippen LogP contribution in [-0.2, 0) is 28.9 Å². The van der Waals surface area contributed by atoms with Gasteiger partial charge in [-0.1, -0.05) is 54.6 Å². The number of likely N-dealkylation sites (N-methyl/N-ethyl adjacent to an activating group) is 1. The van der Waals surface area contributed by atoms with Gasteiger partial charge in [-0.05, 0) is 121 Å². The topological polar surface area (TPSA) is 173 Å². The number of fused-ring (bicyclic) bond motifs is 2. The van der Waals surface area contributed by atoms with Crippen LogP contribution in [0.25, 0.3) is 0 Å². The Morgan fingerprint density at radius 2 is 1.10 bits per heavy atom. The molecule has 13 nitrogen and oxygen atoms in total. The normalized spacial score (nSPS) is 14.8. The molecule has 0 spiro atoms. The zero-order chi connectivity index (χ0) is 44.1. The van der Waals surface area contributed by atoms with Gasteiger partial charge in [0.05, 0.1) is 25.1 Å². The number of para-hydroxylation sites is 3. The van der Waals surface area contributed by atoms with Crippen LogP contribution in [-0.4, -0.2) is 73.0 Å². The highest BCUT2D eigenvalue weighted by molar-refractivity contribution is 6.05. The third-order valence-electron chi connectivity index (χ3n) is 10.2. The molecule has 2 atom stereocenters. The van der Waals surface area contributed by atoms with E-state index in [-0.39, 0.29) is 36.9 Å². The van der Waals surface area contributed by atoms with Gasteiger partial charge >= 0.3 is 11.9 Å². The highest BCUT2D eigenvalue weighted by Gasteiger charge is 2.24. The van der Waals surface area contributed by atoms with Crippen molar-refractivity contribution in [1.29, 1.82) is 0 Å². The number of carboxylic acid groups (broad SMARTS) is 2. The number of ether oxygens (including phenoxy) is 4. The predicted octanol–water partition coefficient (Wildman–Crippen LogP) is 8.18. The van der Waals surface area contributed by atoms with Gasteiger partial charge < -0.3 is 44.7 Å². The van der Waals surface area contributed by atoms with Gasteiger partial charge in [-0.25, -0.2) is 0 Å². The molecule has 0 fully saturated rings. The van der Waals surface area contributed by atoms with E-state index >= 15 is 0 Å². The van der Waals surface area contributed by atoms with Gasteiger partial charge in [-0.15, -0.1) is 0 Å². The van der Waals surface area contributed by atoms with Crippen LogP contribution in [0.2, 0.25) is 0 Å². The highest BCUT2D eigenvalue weighted by Crippen LogP contribution is 2.32. The van der Waals surface area contributed by atoms with Crippen LogP contribution < -0.4 is 34.5 Å². The quantitative estimate of drug-likeness (QED) is 0.0833. The van der Waals surface area contributed by atoms with Gasteiger partial charge in [0.25, 0.3) is 11.8 Å². The molecule has 2 heterocycles. The van der Waals surface area contributed by atoms with Crippen molar-refractivity contribution in [3.8, 4) is 23.0 Å². The molecule has 6 aromatic carbocycles. The lowest BCUT2D eigenvalue weighted by molar-refractivity contribution is -0.137. The van der Waals surface area contributed by atoms with E-state index in [0.717, 1.165) is 36.6 Å². The van der Waals surface area contributed by atoms with Crippen molar-refractivity contribution in [2.75, 3.05) is 42.3 Å². The summed E-state index contributed by atoms with van der Waals surface area (Å²) < 4.78 is 23.7. The van der Waals surface area contributed by atoms with Gasteiger partial charge in [0.15, 0.2) is 0 Å². The number of nitrogens with one attached hydrogen (secondary N) is 2. The zero-order valence-corrected chi connectivity index (χ0v) is 34.6. The number of carboxylic acids is 2. The van der Waals surface area contributed by atoms with E-state index in [4.69, 9.17) is 29.2 Å². The minimum absolute atomic E-state index is 0.00375. The van der Waals surface area contributed by atoms with E-state index in [1.165, 1.54) is 5.56 Å². The summed E-state index contributed by atoms with van der Waals surface area (Å²) in [5, 5.41) is 23.4. The first-order valence-electron chi connectivity index (χ1n) is 20.5. The monoisotopic (exact) mass is 849 g/mol. The first-order valence-corrected chi connectivity index (χ1v) is 20.5. The van der Waals surface area contributed by atoms with Gasteiger partial charge in [0, 0.05) is 29.5 Å². The Bertz CT molecular complexity index is 2540. The molecule has 2 amide bonds. The number of nitrogens with zero attached hydrogens (tertiary/aromatic N) is 1. The molecule has 1 unspecified atom stereocenters.